The Morgan fingerprint density at radius 2 is 0.682 bits per heavy atom. The summed E-state index contributed by atoms with van der Waals surface area (Å²) >= 11 is 0. The molecule has 0 spiro atoms. The Kier molecular flexibility index (Phi) is 66.6. The molecule has 0 aromatic carbocycles. The number of likely N-dealkylation sites (N-methyl/N-ethyl adjacent to an activating group) is 1. The molecule has 3 atom stereocenters. The number of amides is 1. The normalized spacial score (nSPS) is 13.6. The van der Waals surface area contributed by atoms with Gasteiger partial charge in [0.25, 0.3) is 7.82 Å². The van der Waals surface area contributed by atoms with Crippen LogP contribution in [0.2, 0.25) is 0 Å². The van der Waals surface area contributed by atoms with Gasteiger partial charge >= 0.3 is 0 Å². The summed E-state index contributed by atoms with van der Waals surface area (Å²) in [5.74, 6) is -0.155. The fourth-order valence-corrected chi connectivity index (χ4v) is 12.7. The van der Waals surface area contributed by atoms with Gasteiger partial charge in [-0.05, 0) is 44.9 Å². The van der Waals surface area contributed by atoms with Crippen LogP contribution in [0.1, 0.15) is 406 Å². The summed E-state index contributed by atoms with van der Waals surface area (Å²) < 4.78 is 23.6. The fourth-order valence-electron chi connectivity index (χ4n) is 12.0. The van der Waals surface area contributed by atoms with E-state index in [1.807, 2.05) is 21.1 Å². The van der Waals surface area contributed by atoms with E-state index < -0.39 is 20.0 Å². The number of quaternary nitrogens is 1. The van der Waals surface area contributed by atoms with E-state index >= 15 is 0 Å². The largest absolute Gasteiger partial charge is 0.756 e. The van der Waals surface area contributed by atoms with E-state index in [9.17, 15) is 19.4 Å². The quantitative estimate of drug-likeness (QED) is 0.0272. The summed E-state index contributed by atoms with van der Waals surface area (Å²) in [4.78, 5) is 25.7. The molecular weight excluding hydrogens is 1070 g/mol. The summed E-state index contributed by atoms with van der Waals surface area (Å²) in [5, 5.41) is 14.1. The van der Waals surface area contributed by atoms with Gasteiger partial charge in [-0.15, -0.1) is 0 Å². The SMILES string of the molecule is CCCCCCC/C=C\C/C=C\CCCCCCCCCCCCCCCCCCCCCCCC(=O)NC(COP(=O)([O-])OCC[N+](C)(C)C)C(O)CCCCCCCCCCCCCCCCCCCCCCCCCCCCCCCC. The van der Waals surface area contributed by atoms with Gasteiger partial charge in [0, 0.05) is 6.42 Å². The number of aliphatic hydroxyl groups is 1. The first-order chi connectivity index (χ1) is 41.5. The predicted molar refractivity (Wildman–Crippen MR) is 372 cm³/mol. The van der Waals surface area contributed by atoms with Crippen LogP contribution in [0.25, 0.3) is 0 Å². The summed E-state index contributed by atoms with van der Waals surface area (Å²) in [6.45, 7) is 4.78. The van der Waals surface area contributed by atoms with E-state index in [0.29, 0.717) is 23.9 Å². The minimum absolute atomic E-state index is 0.0154. The second-order valence-corrected chi connectivity index (χ2v) is 29.1. The second kappa shape index (κ2) is 67.4. The van der Waals surface area contributed by atoms with Crippen LogP contribution in [0.3, 0.4) is 0 Å². The molecule has 0 aromatic rings. The highest BCUT2D eigenvalue weighted by molar-refractivity contribution is 7.45. The molecule has 8 nitrogen and oxygen atoms in total. The maximum Gasteiger partial charge on any atom is 0.268 e. The van der Waals surface area contributed by atoms with Crippen molar-refractivity contribution in [1.82, 2.24) is 5.32 Å². The van der Waals surface area contributed by atoms with Gasteiger partial charge < -0.3 is 28.8 Å². The molecule has 3 unspecified atom stereocenters. The monoisotopic (exact) mass is 1220 g/mol. The number of phosphoric acid groups is 1. The number of carbonyl (C=O) groups is 1. The highest BCUT2D eigenvalue weighted by Crippen LogP contribution is 2.38. The molecule has 0 saturated heterocycles. The molecule has 0 bridgehead atoms. The minimum atomic E-state index is -4.58. The molecule has 0 saturated carbocycles. The lowest BCUT2D eigenvalue weighted by molar-refractivity contribution is -0.870. The van der Waals surface area contributed by atoms with Crippen LogP contribution in [0.15, 0.2) is 24.3 Å². The van der Waals surface area contributed by atoms with Crippen molar-refractivity contribution in [2.24, 2.45) is 0 Å². The molecule has 0 rings (SSSR count). The van der Waals surface area contributed by atoms with Crippen LogP contribution in [-0.4, -0.2) is 68.5 Å². The van der Waals surface area contributed by atoms with Crippen LogP contribution < -0.4 is 10.2 Å². The zero-order valence-corrected chi connectivity index (χ0v) is 59.0. The van der Waals surface area contributed by atoms with Crippen LogP contribution in [0.4, 0.5) is 0 Å². The molecule has 0 aliphatic heterocycles. The molecule has 0 aliphatic rings. The van der Waals surface area contributed by atoms with Crippen molar-refractivity contribution in [2.45, 2.75) is 418 Å². The minimum Gasteiger partial charge on any atom is -0.756 e. The third kappa shape index (κ3) is 70.3. The number of nitrogens with one attached hydrogen (secondary N) is 1. The Balaban J connectivity index is 3.94. The third-order valence-electron chi connectivity index (χ3n) is 17.9. The lowest BCUT2D eigenvalue weighted by atomic mass is 10.0. The summed E-state index contributed by atoms with van der Waals surface area (Å²) in [7, 11) is 1.33. The zero-order valence-electron chi connectivity index (χ0n) is 58.1. The molecule has 0 aliphatic carbocycles. The number of nitrogens with zero attached hydrogens (tertiary/aromatic N) is 1. The molecule has 0 fully saturated rings. The van der Waals surface area contributed by atoms with Crippen LogP contribution >= 0.6 is 7.82 Å². The van der Waals surface area contributed by atoms with Crippen LogP contribution in [0, 0.1) is 0 Å². The van der Waals surface area contributed by atoms with E-state index in [-0.39, 0.29) is 19.1 Å². The maximum atomic E-state index is 13.1. The molecule has 0 aromatic heterocycles. The molecule has 1 amide bonds. The van der Waals surface area contributed by atoms with Crippen LogP contribution in [0.5, 0.6) is 0 Å². The molecule has 0 radical (unpaired) electrons. The lowest BCUT2D eigenvalue weighted by Gasteiger charge is -2.30. The van der Waals surface area contributed by atoms with Crippen molar-refractivity contribution in [3.63, 3.8) is 0 Å². The Morgan fingerprint density at radius 1 is 0.412 bits per heavy atom. The third-order valence-corrected chi connectivity index (χ3v) is 18.9. The average Bonchev–Trinajstić information content (AvgIpc) is 3.49. The first-order valence-electron chi connectivity index (χ1n) is 38.2. The number of phosphoric ester groups is 1. The smallest absolute Gasteiger partial charge is 0.268 e. The van der Waals surface area contributed by atoms with Crippen molar-refractivity contribution in [1.29, 1.82) is 0 Å². The van der Waals surface area contributed by atoms with Crippen molar-refractivity contribution in [3.8, 4) is 0 Å². The maximum absolute atomic E-state index is 13.1. The van der Waals surface area contributed by atoms with Gasteiger partial charge in [0.15, 0.2) is 0 Å². The van der Waals surface area contributed by atoms with Gasteiger partial charge in [-0.3, -0.25) is 9.36 Å². The molecule has 0 heterocycles. The number of carbonyl (C=O) groups excluding carboxylic acids is 1. The van der Waals surface area contributed by atoms with Gasteiger partial charge in [0.05, 0.1) is 39.9 Å². The van der Waals surface area contributed by atoms with Crippen molar-refractivity contribution < 1.29 is 32.9 Å². The Morgan fingerprint density at radius 3 is 0.976 bits per heavy atom. The zero-order chi connectivity index (χ0) is 61.9. The first kappa shape index (κ1) is 84.0. The topological polar surface area (TPSA) is 108 Å². The number of aliphatic hydroxyl groups excluding tert-OH is 1. The highest BCUT2D eigenvalue weighted by Gasteiger charge is 2.24. The van der Waals surface area contributed by atoms with Gasteiger partial charge in [0.1, 0.15) is 13.2 Å². The fraction of sp³-hybridized carbons (Fsp3) is 0.934. The summed E-state index contributed by atoms with van der Waals surface area (Å²) in [5.41, 5.74) is 0. The van der Waals surface area contributed by atoms with Gasteiger partial charge in [0.2, 0.25) is 5.91 Å². The van der Waals surface area contributed by atoms with Gasteiger partial charge in [-0.25, -0.2) is 0 Å². The van der Waals surface area contributed by atoms with E-state index in [2.05, 4.69) is 43.5 Å². The number of hydrogen-bond donors (Lipinski definition) is 2. The molecule has 2 N–H and O–H groups in total. The van der Waals surface area contributed by atoms with E-state index in [4.69, 9.17) is 9.05 Å². The van der Waals surface area contributed by atoms with E-state index in [1.54, 1.807) is 0 Å². The Hall–Kier alpha value is -1.02. The van der Waals surface area contributed by atoms with Gasteiger partial charge in [-0.2, -0.15) is 0 Å². The summed E-state index contributed by atoms with van der Waals surface area (Å²) in [6, 6.07) is -0.800. The standard InChI is InChI=1S/C76H151N2O6P/c1-6-8-10-12-14-16-18-20-22-24-26-28-30-32-34-36-38-39-40-42-44-46-48-50-52-54-56-58-60-62-64-66-68-70-76(80)77-74(73-84-85(81,82)83-72-71-78(3,4)5)75(79)69-67-65-63-61-59-57-55-53-51-49-47-45-43-41-37-35-33-31-29-27-25-23-21-19-17-15-13-11-9-7-2/h18,20,24,26,74-75,79H,6-17,19,21-23,25,27-73H2,1-5H3,(H-,77,80,81,82)/b20-18-,26-24-. The van der Waals surface area contributed by atoms with Gasteiger partial charge in [-0.1, -0.05) is 378 Å². The van der Waals surface area contributed by atoms with Crippen molar-refractivity contribution >= 4 is 13.7 Å². The molecular formula is C76H151N2O6P. The number of allylic oxidation sites excluding steroid dienone is 4. The number of hydrogen-bond acceptors (Lipinski definition) is 6. The van der Waals surface area contributed by atoms with Crippen molar-refractivity contribution in [2.75, 3.05) is 40.9 Å². The summed E-state index contributed by atoms with van der Waals surface area (Å²) in [6.07, 6.45) is 88.5. The number of rotatable bonds is 72. The highest BCUT2D eigenvalue weighted by atomic mass is 31.2. The molecule has 506 valence electrons. The predicted octanol–water partition coefficient (Wildman–Crippen LogP) is 24.0. The Bertz CT molecular complexity index is 1430. The Labute approximate surface area is 532 Å². The van der Waals surface area contributed by atoms with E-state index in [1.165, 1.54) is 334 Å². The lowest BCUT2D eigenvalue weighted by Crippen LogP contribution is -2.46. The second-order valence-electron chi connectivity index (χ2n) is 27.7. The number of unbranched alkanes of at least 4 members (excludes halogenated alkanes) is 55. The van der Waals surface area contributed by atoms with E-state index in [0.717, 1.165) is 44.9 Å². The molecule has 9 heteroatoms. The average molecular weight is 1220 g/mol. The van der Waals surface area contributed by atoms with Crippen molar-refractivity contribution in [3.05, 3.63) is 24.3 Å². The first-order valence-corrected chi connectivity index (χ1v) is 39.6. The van der Waals surface area contributed by atoms with Crippen LogP contribution in [-0.2, 0) is 18.4 Å². The molecule has 85 heavy (non-hydrogen) atoms.